The van der Waals surface area contributed by atoms with Crippen LogP contribution in [-0.4, -0.2) is 16.6 Å². The molecule has 2 rings (SSSR count). The highest BCUT2D eigenvalue weighted by Gasteiger charge is 2.07. The third kappa shape index (κ3) is 3.95. The van der Waals surface area contributed by atoms with Crippen molar-refractivity contribution in [2.24, 2.45) is 0 Å². The second-order valence-electron chi connectivity index (χ2n) is 4.69. The molecule has 0 aliphatic rings. The van der Waals surface area contributed by atoms with Crippen LogP contribution in [0.15, 0.2) is 42.5 Å². The van der Waals surface area contributed by atoms with Crippen LogP contribution in [0.25, 0.3) is 0 Å². The molecule has 0 aliphatic heterocycles. The number of hydrogen-bond donors (Lipinski definition) is 2. The zero-order chi connectivity index (χ0) is 15.9. The summed E-state index contributed by atoms with van der Waals surface area (Å²) in [5.74, 6) is 0.658. The number of ether oxygens (including phenoxy) is 1. The van der Waals surface area contributed by atoms with E-state index in [2.05, 4.69) is 5.32 Å². The third-order valence-corrected chi connectivity index (χ3v) is 3.15. The van der Waals surface area contributed by atoms with E-state index in [-0.39, 0.29) is 12.3 Å². The van der Waals surface area contributed by atoms with Gasteiger partial charge in [-0.15, -0.1) is 0 Å². The van der Waals surface area contributed by atoms with Crippen molar-refractivity contribution in [3.63, 3.8) is 0 Å². The Kier molecular flexibility index (Phi) is 5.32. The summed E-state index contributed by atoms with van der Waals surface area (Å²) in [5.41, 5.74) is 2.40. The summed E-state index contributed by atoms with van der Waals surface area (Å²) in [6.07, 6.45) is 0. The van der Waals surface area contributed by atoms with E-state index in [1.165, 1.54) is 12.1 Å². The van der Waals surface area contributed by atoms with Gasteiger partial charge in [0, 0.05) is 29.9 Å². The molecule has 6 heteroatoms. The van der Waals surface area contributed by atoms with Gasteiger partial charge >= 0.3 is 0 Å². The topological polar surface area (TPSA) is 84.6 Å². The van der Waals surface area contributed by atoms with Gasteiger partial charge in [0.05, 0.1) is 18.1 Å². The van der Waals surface area contributed by atoms with Gasteiger partial charge < -0.3 is 15.2 Å². The fraction of sp³-hybridized carbons (Fsp3) is 0.250. The summed E-state index contributed by atoms with van der Waals surface area (Å²) in [5, 5.41) is 23.3. The van der Waals surface area contributed by atoms with Gasteiger partial charge in [-0.05, 0) is 30.7 Å². The molecule has 0 aromatic heterocycles. The number of benzene rings is 2. The number of non-ortho nitro benzene ring substituents is 1. The summed E-state index contributed by atoms with van der Waals surface area (Å²) in [6, 6.07) is 11.9. The lowest BCUT2D eigenvalue weighted by Gasteiger charge is -2.12. The fourth-order valence-corrected chi connectivity index (χ4v) is 2.09. The van der Waals surface area contributed by atoms with Crippen LogP contribution >= 0.6 is 0 Å². The molecule has 6 nitrogen and oxygen atoms in total. The van der Waals surface area contributed by atoms with Crippen LogP contribution in [0.5, 0.6) is 5.75 Å². The van der Waals surface area contributed by atoms with Crippen LogP contribution < -0.4 is 10.1 Å². The maximum absolute atomic E-state index is 10.8. The van der Waals surface area contributed by atoms with Gasteiger partial charge in [0.2, 0.25) is 0 Å². The third-order valence-electron chi connectivity index (χ3n) is 3.15. The second kappa shape index (κ2) is 7.42. The van der Waals surface area contributed by atoms with E-state index in [4.69, 9.17) is 4.74 Å². The number of nitrogens with zero attached hydrogens (tertiary/aromatic N) is 1. The maximum atomic E-state index is 10.8. The Morgan fingerprint density at radius 1 is 1.27 bits per heavy atom. The van der Waals surface area contributed by atoms with Crippen molar-refractivity contribution in [2.75, 3.05) is 11.9 Å². The maximum Gasteiger partial charge on any atom is 0.269 e. The number of nitro benzene ring substituents is 1. The van der Waals surface area contributed by atoms with Crippen molar-refractivity contribution in [1.82, 2.24) is 0 Å². The summed E-state index contributed by atoms with van der Waals surface area (Å²) < 4.78 is 5.42. The molecule has 0 saturated carbocycles. The van der Waals surface area contributed by atoms with Gasteiger partial charge in [-0.25, -0.2) is 0 Å². The minimum atomic E-state index is -0.412. The minimum absolute atomic E-state index is 0.0713. The van der Waals surface area contributed by atoms with Crippen molar-refractivity contribution in [3.8, 4) is 5.75 Å². The largest absolute Gasteiger partial charge is 0.494 e. The van der Waals surface area contributed by atoms with Crippen LogP contribution in [-0.2, 0) is 13.2 Å². The van der Waals surface area contributed by atoms with Gasteiger partial charge in [-0.2, -0.15) is 0 Å². The highest BCUT2D eigenvalue weighted by Crippen LogP contribution is 2.23. The summed E-state index contributed by atoms with van der Waals surface area (Å²) in [6.45, 7) is 2.77. The molecule has 2 N–H and O–H groups in total. The van der Waals surface area contributed by atoms with Gasteiger partial charge in [0.15, 0.2) is 0 Å². The van der Waals surface area contributed by atoms with Gasteiger partial charge in [0.25, 0.3) is 5.69 Å². The van der Waals surface area contributed by atoms with Crippen LogP contribution in [0, 0.1) is 10.1 Å². The molecule has 0 fully saturated rings. The Morgan fingerprint density at radius 3 is 2.77 bits per heavy atom. The quantitative estimate of drug-likeness (QED) is 0.606. The number of anilines is 1. The molecule has 0 saturated heterocycles. The lowest BCUT2D eigenvalue weighted by Crippen LogP contribution is -2.02. The number of hydrogen-bond acceptors (Lipinski definition) is 5. The fourth-order valence-electron chi connectivity index (χ4n) is 2.09. The Morgan fingerprint density at radius 2 is 2.09 bits per heavy atom. The number of rotatable bonds is 7. The predicted molar refractivity (Wildman–Crippen MR) is 84.0 cm³/mol. The molecule has 0 radical (unpaired) electrons. The van der Waals surface area contributed by atoms with E-state index in [1.54, 1.807) is 12.1 Å². The molecule has 2 aromatic carbocycles. The van der Waals surface area contributed by atoms with E-state index in [1.807, 2.05) is 25.1 Å². The first-order chi connectivity index (χ1) is 10.6. The summed E-state index contributed by atoms with van der Waals surface area (Å²) >= 11 is 0. The molecule has 0 amide bonds. The zero-order valence-electron chi connectivity index (χ0n) is 12.3. The molecule has 0 spiro atoms. The SMILES string of the molecule is CCOc1ccc(NCc2cccc([N+](=O)[O-])c2)cc1CO. The highest BCUT2D eigenvalue weighted by molar-refractivity contribution is 5.51. The number of nitrogens with one attached hydrogen (secondary N) is 1. The normalized spacial score (nSPS) is 10.3. The van der Waals surface area contributed by atoms with E-state index in [0.717, 1.165) is 11.3 Å². The standard InChI is InChI=1S/C16H18N2O4/c1-2-22-16-7-6-14(9-13(16)11-19)17-10-12-4-3-5-15(8-12)18(20)21/h3-9,17,19H,2,10-11H2,1H3. The summed E-state index contributed by atoms with van der Waals surface area (Å²) in [7, 11) is 0. The number of aliphatic hydroxyl groups excluding tert-OH is 1. The predicted octanol–water partition coefficient (Wildman–Crippen LogP) is 3.10. The van der Waals surface area contributed by atoms with Crippen LogP contribution in [0.2, 0.25) is 0 Å². The van der Waals surface area contributed by atoms with E-state index in [9.17, 15) is 15.2 Å². The lowest BCUT2D eigenvalue weighted by molar-refractivity contribution is -0.384. The first kappa shape index (κ1) is 15.8. The first-order valence-corrected chi connectivity index (χ1v) is 6.97. The highest BCUT2D eigenvalue weighted by atomic mass is 16.6. The molecule has 0 bridgehead atoms. The molecule has 2 aromatic rings. The minimum Gasteiger partial charge on any atom is -0.494 e. The smallest absolute Gasteiger partial charge is 0.269 e. The Hall–Kier alpha value is -2.60. The average molecular weight is 302 g/mol. The Balaban J connectivity index is 2.08. The molecule has 22 heavy (non-hydrogen) atoms. The number of aliphatic hydroxyl groups is 1. The van der Waals surface area contributed by atoms with Crippen LogP contribution in [0.1, 0.15) is 18.1 Å². The van der Waals surface area contributed by atoms with Crippen molar-refractivity contribution in [2.45, 2.75) is 20.1 Å². The Labute approximate surface area is 128 Å². The van der Waals surface area contributed by atoms with Gasteiger partial charge in [-0.1, -0.05) is 12.1 Å². The van der Waals surface area contributed by atoms with Crippen molar-refractivity contribution >= 4 is 11.4 Å². The second-order valence-corrected chi connectivity index (χ2v) is 4.69. The van der Waals surface area contributed by atoms with Crippen LogP contribution in [0.4, 0.5) is 11.4 Å². The summed E-state index contributed by atoms with van der Waals surface area (Å²) in [4.78, 5) is 10.3. The van der Waals surface area contributed by atoms with Crippen LogP contribution in [0.3, 0.4) is 0 Å². The molecule has 116 valence electrons. The van der Waals surface area contributed by atoms with E-state index < -0.39 is 4.92 Å². The molecular formula is C16H18N2O4. The monoisotopic (exact) mass is 302 g/mol. The molecule has 0 heterocycles. The van der Waals surface area contributed by atoms with Crippen molar-refractivity contribution in [3.05, 3.63) is 63.7 Å². The Bertz CT molecular complexity index is 658. The number of nitro groups is 1. The van der Waals surface area contributed by atoms with Crippen molar-refractivity contribution < 1.29 is 14.8 Å². The van der Waals surface area contributed by atoms with Gasteiger partial charge in [0.1, 0.15) is 5.75 Å². The van der Waals surface area contributed by atoms with Crippen molar-refractivity contribution in [1.29, 1.82) is 0 Å². The van der Waals surface area contributed by atoms with E-state index in [0.29, 0.717) is 24.5 Å². The lowest BCUT2D eigenvalue weighted by atomic mass is 10.1. The average Bonchev–Trinajstić information content (AvgIpc) is 2.54. The van der Waals surface area contributed by atoms with E-state index >= 15 is 0 Å². The molecule has 0 unspecified atom stereocenters. The molecule has 0 atom stereocenters. The first-order valence-electron chi connectivity index (χ1n) is 6.97. The van der Waals surface area contributed by atoms with Gasteiger partial charge in [-0.3, -0.25) is 10.1 Å². The molecule has 0 aliphatic carbocycles. The zero-order valence-corrected chi connectivity index (χ0v) is 12.3. The molecular weight excluding hydrogens is 284 g/mol.